The number of hydrogen-bond acceptors (Lipinski definition) is 2. The first kappa shape index (κ1) is 13.2. The Morgan fingerprint density at radius 2 is 1.90 bits per heavy atom. The van der Waals surface area contributed by atoms with Crippen molar-refractivity contribution in [2.24, 2.45) is 0 Å². The molecule has 0 saturated carbocycles. The Balaban J connectivity index is 1.68. The van der Waals surface area contributed by atoms with Gasteiger partial charge >= 0.3 is 0 Å². The Labute approximate surface area is 121 Å². The van der Waals surface area contributed by atoms with Gasteiger partial charge in [0.1, 0.15) is 5.82 Å². The minimum Gasteiger partial charge on any atom is -0.311 e. The van der Waals surface area contributed by atoms with E-state index in [1.54, 1.807) is 23.1 Å². The zero-order valence-corrected chi connectivity index (χ0v) is 11.7. The number of benzene rings is 2. The van der Waals surface area contributed by atoms with Gasteiger partial charge in [0.05, 0.1) is 5.75 Å². The molecule has 0 unspecified atom stereocenters. The maximum atomic E-state index is 13.5. The quantitative estimate of drug-likeness (QED) is 0.805. The molecule has 1 amide bonds. The lowest BCUT2D eigenvalue weighted by Crippen LogP contribution is -2.30. The maximum absolute atomic E-state index is 13.5. The molecular weight excluding hydrogens is 273 g/mol. The van der Waals surface area contributed by atoms with E-state index in [4.69, 9.17) is 0 Å². The third-order valence-corrected chi connectivity index (χ3v) is 4.41. The highest BCUT2D eigenvalue weighted by Crippen LogP contribution is 2.29. The number of halogens is 1. The van der Waals surface area contributed by atoms with Crippen molar-refractivity contribution in [2.75, 3.05) is 17.2 Å². The molecule has 20 heavy (non-hydrogen) atoms. The van der Waals surface area contributed by atoms with E-state index < -0.39 is 0 Å². The zero-order chi connectivity index (χ0) is 13.9. The van der Waals surface area contributed by atoms with Gasteiger partial charge in [0.15, 0.2) is 0 Å². The molecule has 102 valence electrons. The van der Waals surface area contributed by atoms with Crippen LogP contribution in [0.25, 0.3) is 0 Å². The van der Waals surface area contributed by atoms with Crippen molar-refractivity contribution in [3.05, 3.63) is 59.9 Å². The fraction of sp³-hybridized carbons (Fsp3) is 0.188. The largest absolute Gasteiger partial charge is 0.311 e. The second kappa shape index (κ2) is 5.67. The smallest absolute Gasteiger partial charge is 0.237 e. The van der Waals surface area contributed by atoms with Crippen LogP contribution >= 0.6 is 11.8 Å². The molecule has 1 aliphatic heterocycles. The van der Waals surface area contributed by atoms with Gasteiger partial charge < -0.3 is 4.90 Å². The van der Waals surface area contributed by atoms with E-state index in [1.165, 1.54) is 23.4 Å². The van der Waals surface area contributed by atoms with Crippen LogP contribution in [-0.2, 0) is 11.2 Å². The van der Waals surface area contributed by atoms with Crippen LogP contribution in [0.3, 0.4) is 0 Å². The molecule has 0 aliphatic carbocycles. The standard InChI is InChI=1S/C16H14FNOS/c17-13-6-2-4-8-15(13)20-11-16(19)18-10-9-12-5-1-3-7-14(12)18/h1-8H,9-11H2. The number of para-hydroxylation sites is 1. The van der Waals surface area contributed by atoms with Crippen molar-refractivity contribution in [1.82, 2.24) is 0 Å². The normalized spacial score (nSPS) is 13.3. The van der Waals surface area contributed by atoms with E-state index in [2.05, 4.69) is 0 Å². The Hall–Kier alpha value is -1.81. The first-order chi connectivity index (χ1) is 9.75. The SMILES string of the molecule is O=C(CSc1ccccc1F)N1CCc2ccccc21. The van der Waals surface area contributed by atoms with Crippen molar-refractivity contribution < 1.29 is 9.18 Å². The molecule has 1 aliphatic rings. The summed E-state index contributed by atoms with van der Waals surface area (Å²) in [6, 6.07) is 14.5. The van der Waals surface area contributed by atoms with Crippen molar-refractivity contribution in [2.45, 2.75) is 11.3 Å². The van der Waals surface area contributed by atoms with Crippen molar-refractivity contribution in [1.29, 1.82) is 0 Å². The molecule has 0 aromatic heterocycles. The molecule has 3 rings (SSSR count). The summed E-state index contributed by atoms with van der Waals surface area (Å²) in [6.07, 6.45) is 0.895. The average Bonchev–Trinajstić information content (AvgIpc) is 2.90. The summed E-state index contributed by atoms with van der Waals surface area (Å²) in [5.41, 5.74) is 2.20. The van der Waals surface area contributed by atoms with Gasteiger partial charge in [0.2, 0.25) is 5.91 Å². The first-order valence-corrected chi connectivity index (χ1v) is 7.50. The summed E-state index contributed by atoms with van der Waals surface area (Å²) in [6.45, 7) is 0.718. The summed E-state index contributed by atoms with van der Waals surface area (Å²) in [7, 11) is 0. The highest BCUT2D eigenvalue weighted by molar-refractivity contribution is 8.00. The van der Waals surface area contributed by atoms with Gasteiger partial charge in [-0.25, -0.2) is 4.39 Å². The van der Waals surface area contributed by atoms with Crippen molar-refractivity contribution in [3.8, 4) is 0 Å². The highest BCUT2D eigenvalue weighted by Gasteiger charge is 2.24. The number of hydrogen-bond donors (Lipinski definition) is 0. The third-order valence-electron chi connectivity index (χ3n) is 3.38. The molecule has 2 aromatic rings. The number of thioether (sulfide) groups is 1. The summed E-state index contributed by atoms with van der Waals surface area (Å²) in [5.74, 6) is 0.0188. The fourth-order valence-electron chi connectivity index (χ4n) is 2.38. The summed E-state index contributed by atoms with van der Waals surface area (Å²) in [4.78, 5) is 14.6. The number of anilines is 1. The van der Waals surface area contributed by atoms with Gasteiger partial charge in [-0.3, -0.25) is 4.79 Å². The number of amides is 1. The molecule has 1 heterocycles. The lowest BCUT2D eigenvalue weighted by molar-refractivity contribution is -0.116. The second-order valence-electron chi connectivity index (χ2n) is 4.64. The Bertz CT molecular complexity index is 644. The Morgan fingerprint density at radius 3 is 2.75 bits per heavy atom. The number of fused-ring (bicyclic) bond motifs is 1. The van der Waals surface area contributed by atoms with Crippen LogP contribution < -0.4 is 4.90 Å². The van der Waals surface area contributed by atoms with Gasteiger partial charge in [0, 0.05) is 17.1 Å². The first-order valence-electron chi connectivity index (χ1n) is 6.51. The minimum atomic E-state index is -0.271. The van der Waals surface area contributed by atoms with Crippen molar-refractivity contribution in [3.63, 3.8) is 0 Å². The van der Waals surface area contributed by atoms with Gasteiger partial charge in [-0.2, -0.15) is 0 Å². The van der Waals surface area contributed by atoms with E-state index in [0.717, 1.165) is 18.7 Å². The van der Waals surface area contributed by atoms with Gasteiger partial charge in [-0.05, 0) is 30.2 Å². The molecule has 2 aromatic carbocycles. The molecule has 0 bridgehead atoms. The number of carbonyl (C=O) groups excluding carboxylic acids is 1. The molecule has 0 saturated heterocycles. The van der Waals surface area contributed by atoms with E-state index >= 15 is 0 Å². The monoisotopic (exact) mass is 287 g/mol. The van der Waals surface area contributed by atoms with E-state index in [-0.39, 0.29) is 17.5 Å². The molecule has 0 spiro atoms. The van der Waals surface area contributed by atoms with Crippen LogP contribution in [0.1, 0.15) is 5.56 Å². The summed E-state index contributed by atoms with van der Waals surface area (Å²) in [5, 5.41) is 0. The van der Waals surface area contributed by atoms with Crippen LogP contribution in [0.5, 0.6) is 0 Å². The number of nitrogens with zero attached hydrogens (tertiary/aromatic N) is 1. The van der Waals surface area contributed by atoms with E-state index in [1.807, 2.05) is 24.3 Å². The number of rotatable bonds is 3. The molecule has 0 radical (unpaired) electrons. The molecular formula is C16H14FNOS. The Morgan fingerprint density at radius 1 is 1.15 bits per heavy atom. The van der Waals surface area contributed by atoms with Gasteiger partial charge in [-0.15, -0.1) is 11.8 Å². The maximum Gasteiger partial charge on any atom is 0.237 e. The van der Waals surface area contributed by atoms with Crippen LogP contribution in [0.2, 0.25) is 0 Å². The topological polar surface area (TPSA) is 20.3 Å². The average molecular weight is 287 g/mol. The lowest BCUT2D eigenvalue weighted by Gasteiger charge is -2.17. The van der Waals surface area contributed by atoms with E-state index in [0.29, 0.717) is 4.90 Å². The predicted octanol–water partition coefficient (Wildman–Crippen LogP) is 3.51. The fourth-order valence-corrected chi connectivity index (χ4v) is 3.19. The zero-order valence-electron chi connectivity index (χ0n) is 10.9. The summed E-state index contributed by atoms with van der Waals surface area (Å²) < 4.78 is 13.5. The van der Waals surface area contributed by atoms with Crippen LogP contribution in [0.15, 0.2) is 53.4 Å². The van der Waals surface area contributed by atoms with Crippen LogP contribution in [0, 0.1) is 5.82 Å². The molecule has 4 heteroatoms. The van der Waals surface area contributed by atoms with Gasteiger partial charge in [0.25, 0.3) is 0 Å². The Kier molecular flexibility index (Phi) is 3.74. The second-order valence-corrected chi connectivity index (χ2v) is 5.66. The molecule has 0 atom stereocenters. The van der Waals surface area contributed by atoms with Crippen molar-refractivity contribution >= 4 is 23.4 Å². The van der Waals surface area contributed by atoms with Gasteiger partial charge in [-0.1, -0.05) is 30.3 Å². The number of carbonyl (C=O) groups is 1. The summed E-state index contributed by atoms with van der Waals surface area (Å²) >= 11 is 1.25. The molecule has 2 nitrogen and oxygen atoms in total. The van der Waals surface area contributed by atoms with Crippen LogP contribution in [-0.4, -0.2) is 18.2 Å². The molecule has 0 fully saturated rings. The van der Waals surface area contributed by atoms with Crippen LogP contribution in [0.4, 0.5) is 10.1 Å². The highest BCUT2D eigenvalue weighted by atomic mass is 32.2. The lowest BCUT2D eigenvalue weighted by atomic mass is 10.2. The predicted molar refractivity (Wildman–Crippen MR) is 79.6 cm³/mol. The van der Waals surface area contributed by atoms with E-state index in [9.17, 15) is 9.18 Å². The third kappa shape index (κ3) is 2.56. The minimum absolute atomic E-state index is 0.0307. The molecule has 0 N–H and O–H groups in total.